The van der Waals surface area contributed by atoms with Gasteiger partial charge in [-0.3, -0.25) is 0 Å². The molecule has 2 atom stereocenters. The number of anilines is 1. The molecule has 0 N–H and O–H groups in total. The Morgan fingerprint density at radius 3 is 2.92 bits per heavy atom. The lowest BCUT2D eigenvalue weighted by Crippen LogP contribution is -2.57. The average molecular weight is 344 g/mol. The smallest absolute Gasteiger partial charge is 0.250 e. The number of nitrogens with zero attached hydrogens (tertiary/aromatic N) is 4. The van der Waals surface area contributed by atoms with Gasteiger partial charge in [-0.25, -0.2) is 19.3 Å². The number of hydrogen-bond donors (Lipinski definition) is 0. The summed E-state index contributed by atoms with van der Waals surface area (Å²) in [7, 11) is 0. The SMILES string of the molecule is Fc1cccnc1OC[C@@]12CCCO[C@H]1CCN(c1ncccn1)C2. The molecule has 2 aliphatic rings. The summed E-state index contributed by atoms with van der Waals surface area (Å²) in [5.41, 5.74) is -0.209. The highest BCUT2D eigenvalue weighted by Crippen LogP contribution is 2.41. The van der Waals surface area contributed by atoms with Crippen LogP contribution in [-0.2, 0) is 4.74 Å². The summed E-state index contributed by atoms with van der Waals surface area (Å²) < 4.78 is 25.7. The fourth-order valence-corrected chi connectivity index (χ4v) is 3.82. The highest BCUT2D eigenvalue weighted by Gasteiger charge is 2.47. The van der Waals surface area contributed by atoms with E-state index < -0.39 is 5.82 Å². The maximum absolute atomic E-state index is 13.9. The van der Waals surface area contributed by atoms with Crippen LogP contribution in [0.4, 0.5) is 10.3 Å². The maximum atomic E-state index is 13.9. The molecule has 2 aliphatic heterocycles. The standard InChI is InChI=1S/C18H21FN4O2/c19-14-4-1-7-20-16(14)25-13-18-6-2-11-24-15(18)5-10-23(12-18)17-21-8-3-9-22-17/h1,3-4,7-9,15H,2,5-6,10-13H2/t15-,18-/m0/s1. The number of halogens is 1. The van der Waals surface area contributed by atoms with Crippen molar-refractivity contribution >= 4 is 5.95 Å². The van der Waals surface area contributed by atoms with Gasteiger partial charge in [0.15, 0.2) is 5.82 Å². The van der Waals surface area contributed by atoms with Crippen LogP contribution in [0, 0.1) is 11.2 Å². The van der Waals surface area contributed by atoms with Gasteiger partial charge in [-0.05, 0) is 37.5 Å². The van der Waals surface area contributed by atoms with E-state index in [1.54, 1.807) is 18.5 Å². The van der Waals surface area contributed by atoms with E-state index in [9.17, 15) is 4.39 Å². The molecule has 2 aromatic heterocycles. The van der Waals surface area contributed by atoms with E-state index in [4.69, 9.17) is 9.47 Å². The normalized spacial score (nSPS) is 26.1. The lowest BCUT2D eigenvalue weighted by atomic mass is 9.73. The molecule has 0 bridgehead atoms. The number of pyridine rings is 1. The van der Waals surface area contributed by atoms with Crippen molar-refractivity contribution in [1.29, 1.82) is 0 Å². The maximum Gasteiger partial charge on any atom is 0.250 e. The van der Waals surface area contributed by atoms with E-state index in [-0.39, 0.29) is 17.4 Å². The van der Waals surface area contributed by atoms with E-state index in [1.807, 2.05) is 6.07 Å². The van der Waals surface area contributed by atoms with Crippen LogP contribution in [-0.4, -0.2) is 47.4 Å². The number of rotatable bonds is 4. The van der Waals surface area contributed by atoms with Gasteiger partial charge in [0.05, 0.1) is 12.7 Å². The first kappa shape index (κ1) is 16.2. The van der Waals surface area contributed by atoms with Crippen molar-refractivity contribution in [3.8, 4) is 5.88 Å². The second-order valence-corrected chi connectivity index (χ2v) is 6.66. The van der Waals surface area contributed by atoms with Crippen LogP contribution in [0.15, 0.2) is 36.8 Å². The van der Waals surface area contributed by atoms with Gasteiger partial charge in [0.25, 0.3) is 0 Å². The van der Waals surface area contributed by atoms with Crippen LogP contribution < -0.4 is 9.64 Å². The zero-order valence-electron chi connectivity index (χ0n) is 14.0. The molecule has 2 aromatic rings. The zero-order chi connectivity index (χ0) is 17.1. The van der Waals surface area contributed by atoms with Gasteiger partial charge in [-0.1, -0.05) is 0 Å². The Morgan fingerprint density at radius 1 is 1.24 bits per heavy atom. The topological polar surface area (TPSA) is 60.4 Å². The molecule has 25 heavy (non-hydrogen) atoms. The summed E-state index contributed by atoms with van der Waals surface area (Å²) >= 11 is 0. The second kappa shape index (κ2) is 6.92. The summed E-state index contributed by atoms with van der Waals surface area (Å²) in [6, 6.07) is 4.73. The molecule has 4 heterocycles. The van der Waals surface area contributed by atoms with Crippen molar-refractivity contribution in [3.05, 3.63) is 42.6 Å². The third-order valence-corrected chi connectivity index (χ3v) is 5.04. The van der Waals surface area contributed by atoms with E-state index in [2.05, 4.69) is 19.9 Å². The Labute approximate surface area is 146 Å². The first-order chi connectivity index (χ1) is 12.3. The van der Waals surface area contributed by atoms with Crippen LogP contribution in [0.5, 0.6) is 5.88 Å². The molecular formula is C18H21FN4O2. The van der Waals surface area contributed by atoms with Crippen molar-refractivity contribution in [2.45, 2.75) is 25.4 Å². The molecule has 0 aliphatic carbocycles. The van der Waals surface area contributed by atoms with Gasteiger partial charge in [0.1, 0.15) is 0 Å². The van der Waals surface area contributed by atoms with E-state index in [1.165, 1.54) is 12.3 Å². The summed E-state index contributed by atoms with van der Waals surface area (Å²) in [5.74, 6) is 0.329. The van der Waals surface area contributed by atoms with Gasteiger partial charge in [-0.2, -0.15) is 0 Å². The van der Waals surface area contributed by atoms with Crippen LogP contribution in [0.1, 0.15) is 19.3 Å². The van der Waals surface area contributed by atoms with Gasteiger partial charge in [-0.15, -0.1) is 0 Å². The van der Waals surface area contributed by atoms with Crippen molar-refractivity contribution in [2.24, 2.45) is 5.41 Å². The molecule has 0 radical (unpaired) electrons. The Kier molecular flexibility index (Phi) is 4.48. The van der Waals surface area contributed by atoms with Crippen molar-refractivity contribution in [1.82, 2.24) is 15.0 Å². The fourth-order valence-electron chi connectivity index (χ4n) is 3.82. The molecule has 132 valence electrons. The molecular weight excluding hydrogens is 323 g/mol. The van der Waals surface area contributed by atoms with Crippen molar-refractivity contribution in [3.63, 3.8) is 0 Å². The Bertz CT molecular complexity index is 717. The summed E-state index contributed by atoms with van der Waals surface area (Å²) in [4.78, 5) is 14.9. The number of hydrogen-bond acceptors (Lipinski definition) is 6. The second-order valence-electron chi connectivity index (χ2n) is 6.66. The Morgan fingerprint density at radius 2 is 2.08 bits per heavy atom. The third kappa shape index (κ3) is 3.28. The van der Waals surface area contributed by atoms with E-state index in [0.29, 0.717) is 6.61 Å². The molecule has 0 aromatic carbocycles. The largest absolute Gasteiger partial charge is 0.475 e. The van der Waals surface area contributed by atoms with E-state index >= 15 is 0 Å². The van der Waals surface area contributed by atoms with Gasteiger partial charge in [0.2, 0.25) is 11.8 Å². The first-order valence-corrected chi connectivity index (χ1v) is 8.64. The van der Waals surface area contributed by atoms with Gasteiger partial charge < -0.3 is 14.4 Å². The van der Waals surface area contributed by atoms with E-state index in [0.717, 1.165) is 44.9 Å². The zero-order valence-corrected chi connectivity index (χ0v) is 14.0. The highest BCUT2D eigenvalue weighted by atomic mass is 19.1. The molecule has 0 unspecified atom stereocenters. The lowest BCUT2D eigenvalue weighted by molar-refractivity contribution is -0.110. The minimum Gasteiger partial charge on any atom is -0.475 e. The predicted molar refractivity (Wildman–Crippen MR) is 90.0 cm³/mol. The Hall–Kier alpha value is -2.28. The lowest BCUT2D eigenvalue weighted by Gasteiger charge is -2.50. The highest BCUT2D eigenvalue weighted by molar-refractivity contribution is 5.31. The molecule has 0 saturated carbocycles. The number of aromatic nitrogens is 3. The van der Waals surface area contributed by atoms with Crippen molar-refractivity contribution < 1.29 is 13.9 Å². The fraction of sp³-hybridized carbons (Fsp3) is 0.500. The van der Waals surface area contributed by atoms with Gasteiger partial charge in [0, 0.05) is 43.7 Å². The molecule has 0 spiro atoms. The molecule has 7 heteroatoms. The van der Waals surface area contributed by atoms with Crippen LogP contribution >= 0.6 is 0 Å². The molecule has 2 saturated heterocycles. The monoisotopic (exact) mass is 344 g/mol. The minimum atomic E-state index is -0.439. The van der Waals surface area contributed by atoms with Crippen molar-refractivity contribution in [2.75, 3.05) is 31.2 Å². The third-order valence-electron chi connectivity index (χ3n) is 5.04. The van der Waals surface area contributed by atoms with Crippen LogP contribution in [0.3, 0.4) is 0 Å². The molecule has 4 rings (SSSR count). The number of fused-ring (bicyclic) bond motifs is 1. The quantitative estimate of drug-likeness (QED) is 0.849. The van der Waals surface area contributed by atoms with Crippen LogP contribution in [0.25, 0.3) is 0 Å². The summed E-state index contributed by atoms with van der Waals surface area (Å²) in [6.45, 7) is 2.71. The molecule has 0 amide bonds. The first-order valence-electron chi connectivity index (χ1n) is 8.64. The summed E-state index contributed by atoms with van der Waals surface area (Å²) in [6.07, 6.45) is 7.95. The van der Waals surface area contributed by atoms with Gasteiger partial charge >= 0.3 is 0 Å². The summed E-state index contributed by atoms with van der Waals surface area (Å²) in [5, 5.41) is 0. The number of ether oxygens (including phenoxy) is 2. The number of piperidine rings is 1. The predicted octanol–water partition coefficient (Wildman–Crippen LogP) is 2.47. The minimum absolute atomic E-state index is 0.0503. The Balaban J connectivity index is 1.55. The van der Waals surface area contributed by atoms with Crippen LogP contribution in [0.2, 0.25) is 0 Å². The molecule has 2 fully saturated rings. The molecule has 6 nitrogen and oxygen atoms in total. The average Bonchev–Trinajstić information content (AvgIpc) is 2.67.